The second-order valence-electron chi connectivity index (χ2n) is 8.90. The Kier molecular flexibility index (Phi) is 10.1. The van der Waals surface area contributed by atoms with E-state index in [1.165, 1.54) is 47.7 Å². The molecule has 3 rings (SSSR count). The number of aliphatic carboxylic acids is 1. The summed E-state index contributed by atoms with van der Waals surface area (Å²) in [6.07, 6.45) is 12.4. The smallest absolute Gasteiger partial charge is 0.326 e. The number of nitrogens with zero attached hydrogens (tertiary/aromatic N) is 3. The second-order valence-corrected chi connectivity index (χ2v) is 8.90. The largest absolute Gasteiger partial charge is 0.480 e. The third-order valence-corrected chi connectivity index (χ3v) is 6.04. The molecular weight excluding hydrogens is 520 g/mol. The van der Waals surface area contributed by atoms with Gasteiger partial charge >= 0.3 is 5.97 Å². The van der Waals surface area contributed by atoms with Crippen molar-refractivity contribution in [2.45, 2.75) is 31.0 Å². The third kappa shape index (κ3) is 7.72. The number of amides is 3. The third-order valence-electron chi connectivity index (χ3n) is 6.04. The molecule has 2 heterocycles. The predicted molar refractivity (Wildman–Crippen MR) is 145 cm³/mol. The molecule has 0 saturated carbocycles. The van der Waals surface area contributed by atoms with Gasteiger partial charge in [-0.1, -0.05) is 41.9 Å². The first-order chi connectivity index (χ1) is 19.1. The first-order valence-electron chi connectivity index (χ1n) is 12.4. The lowest BCUT2D eigenvalue weighted by atomic mass is 10.1. The lowest BCUT2D eigenvalue weighted by molar-refractivity contribution is -0.553. The lowest BCUT2D eigenvalue weighted by Crippen LogP contribution is -2.56. The summed E-state index contributed by atoms with van der Waals surface area (Å²) in [5.74, 6) is -2.94. The van der Waals surface area contributed by atoms with Crippen LogP contribution < -0.4 is 16.1 Å². The second kappa shape index (κ2) is 13.6. The zero-order valence-electron chi connectivity index (χ0n) is 21.5. The number of hydrogen-bond donors (Lipinski definition) is 4. The van der Waals surface area contributed by atoms with Crippen molar-refractivity contribution in [3.63, 3.8) is 0 Å². The van der Waals surface area contributed by atoms with Crippen LogP contribution in [-0.4, -0.2) is 69.7 Å². The van der Waals surface area contributed by atoms with Crippen LogP contribution in [0.2, 0.25) is 0 Å². The predicted octanol–water partition coefficient (Wildman–Crippen LogP) is 1.29. The van der Waals surface area contributed by atoms with Gasteiger partial charge in [-0.3, -0.25) is 14.4 Å². The summed E-state index contributed by atoms with van der Waals surface area (Å²) in [6, 6.07) is 5.60. The van der Waals surface area contributed by atoms with Gasteiger partial charge in [0.1, 0.15) is 6.04 Å². The SMILES string of the molecule is [CH2]c1ccccc1C(=O)N1C=CC=C(C(=O)N[C@@H](CCCCNC(=O)C2(N[N+](=O)[O-])C=CC=CC=N2)C(=O)O)C1. The van der Waals surface area contributed by atoms with E-state index in [0.29, 0.717) is 24.0 Å². The van der Waals surface area contributed by atoms with Crippen LogP contribution in [0.25, 0.3) is 0 Å². The summed E-state index contributed by atoms with van der Waals surface area (Å²) < 4.78 is 0. The average molecular weight is 550 g/mol. The Morgan fingerprint density at radius 1 is 1.15 bits per heavy atom. The molecule has 2 aliphatic rings. The number of allylic oxidation sites excluding steroid dienone is 5. The van der Waals surface area contributed by atoms with Crippen molar-refractivity contribution in [3.8, 4) is 0 Å². The maximum absolute atomic E-state index is 12.9. The van der Waals surface area contributed by atoms with Crippen LogP contribution in [0.15, 0.2) is 77.5 Å². The van der Waals surface area contributed by atoms with Crippen LogP contribution in [0, 0.1) is 17.0 Å². The summed E-state index contributed by atoms with van der Waals surface area (Å²) in [5.41, 5.74) is 1.14. The number of unbranched alkanes of at least 4 members (excludes halogenated alkanes) is 1. The van der Waals surface area contributed by atoms with Gasteiger partial charge in [-0.2, -0.15) is 0 Å². The fourth-order valence-corrected chi connectivity index (χ4v) is 3.94. The molecule has 40 heavy (non-hydrogen) atoms. The zero-order valence-corrected chi connectivity index (χ0v) is 21.5. The number of carbonyl (C=O) groups is 4. The van der Waals surface area contributed by atoms with Crippen LogP contribution >= 0.6 is 0 Å². The summed E-state index contributed by atoms with van der Waals surface area (Å²) in [7, 11) is 0. The number of hydrazine groups is 1. The van der Waals surface area contributed by atoms with Gasteiger partial charge in [0.15, 0.2) is 5.03 Å². The highest BCUT2D eigenvalue weighted by Gasteiger charge is 2.40. The van der Waals surface area contributed by atoms with Crippen LogP contribution in [0.3, 0.4) is 0 Å². The maximum Gasteiger partial charge on any atom is 0.326 e. The number of aliphatic imine (C=N–C) groups is 1. The number of benzene rings is 1. The average Bonchev–Trinajstić information content (AvgIpc) is 3.17. The minimum absolute atomic E-state index is 0.0414. The molecule has 2 atom stereocenters. The minimum atomic E-state index is -1.92. The van der Waals surface area contributed by atoms with E-state index < -0.39 is 34.5 Å². The highest BCUT2D eigenvalue weighted by atomic mass is 16.7. The summed E-state index contributed by atoms with van der Waals surface area (Å²) in [6.45, 7) is 3.90. The molecule has 0 bridgehead atoms. The summed E-state index contributed by atoms with van der Waals surface area (Å²) in [4.78, 5) is 66.4. The number of nitrogens with one attached hydrogen (secondary N) is 3. The van der Waals surface area contributed by atoms with Crippen molar-refractivity contribution in [2.24, 2.45) is 4.99 Å². The molecule has 1 aromatic carbocycles. The lowest BCUT2D eigenvalue weighted by Gasteiger charge is -2.24. The molecule has 4 N–H and O–H groups in total. The molecule has 13 nitrogen and oxygen atoms in total. The quantitative estimate of drug-likeness (QED) is 0.171. The van der Waals surface area contributed by atoms with Gasteiger partial charge in [-0.15, -0.1) is 0 Å². The Balaban J connectivity index is 1.50. The normalized spacial score (nSPS) is 18.3. The van der Waals surface area contributed by atoms with Gasteiger partial charge in [0.2, 0.25) is 5.91 Å². The molecule has 0 saturated heterocycles. The van der Waals surface area contributed by atoms with E-state index in [9.17, 15) is 34.4 Å². The van der Waals surface area contributed by atoms with E-state index in [-0.39, 0.29) is 31.0 Å². The maximum atomic E-state index is 12.9. The first-order valence-corrected chi connectivity index (χ1v) is 12.4. The fraction of sp³-hybridized carbons (Fsp3) is 0.259. The minimum Gasteiger partial charge on any atom is -0.480 e. The Labute approximate surface area is 230 Å². The highest BCUT2D eigenvalue weighted by molar-refractivity contribution is 6.00. The van der Waals surface area contributed by atoms with Gasteiger partial charge in [-0.25, -0.2) is 19.9 Å². The summed E-state index contributed by atoms with van der Waals surface area (Å²) >= 11 is 0. The molecule has 209 valence electrons. The molecule has 1 radical (unpaired) electrons. The summed E-state index contributed by atoms with van der Waals surface area (Å²) in [5, 5.41) is 24.8. The Bertz CT molecular complexity index is 1300. The van der Waals surface area contributed by atoms with E-state index in [0.717, 1.165) is 0 Å². The van der Waals surface area contributed by atoms with Crippen molar-refractivity contribution in [1.82, 2.24) is 21.0 Å². The molecule has 0 aliphatic carbocycles. The number of carbonyl (C=O) groups excluding carboxylic acids is 3. The van der Waals surface area contributed by atoms with E-state index in [1.807, 2.05) is 5.43 Å². The van der Waals surface area contributed by atoms with Gasteiger partial charge in [-0.05, 0) is 56.0 Å². The van der Waals surface area contributed by atoms with Gasteiger partial charge in [0, 0.05) is 30.1 Å². The van der Waals surface area contributed by atoms with Crippen molar-refractivity contribution >= 4 is 29.9 Å². The molecular formula is C27H29N6O7. The van der Waals surface area contributed by atoms with E-state index in [2.05, 4.69) is 22.5 Å². The van der Waals surface area contributed by atoms with Crippen molar-refractivity contribution in [1.29, 1.82) is 0 Å². The topological polar surface area (TPSA) is 183 Å². The molecule has 2 aliphatic heterocycles. The molecule has 0 spiro atoms. The van der Waals surface area contributed by atoms with E-state index in [1.54, 1.807) is 30.3 Å². The van der Waals surface area contributed by atoms with E-state index in [4.69, 9.17) is 0 Å². The molecule has 0 aromatic heterocycles. The highest BCUT2D eigenvalue weighted by Crippen LogP contribution is 2.16. The van der Waals surface area contributed by atoms with Crippen molar-refractivity contribution < 1.29 is 29.3 Å². The number of carboxylic acid groups (broad SMARTS) is 1. The van der Waals surface area contributed by atoms with Crippen LogP contribution in [-0.2, 0) is 14.4 Å². The Morgan fingerprint density at radius 3 is 2.65 bits per heavy atom. The van der Waals surface area contributed by atoms with Crippen LogP contribution in [0.5, 0.6) is 0 Å². The molecule has 0 fully saturated rings. The number of nitro groups is 1. The molecule has 1 aromatic rings. The zero-order chi connectivity index (χ0) is 29.1. The number of hydrogen-bond acceptors (Lipinski definition) is 7. The fourth-order valence-electron chi connectivity index (χ4n) is 3.94. The van der Waals surface area contributed by atoms with Crippen molar-refractivity contribution in [3.05, 3.63) is 101 Å². The Morgan fingerprint density at radius 2 is 1.93 bits per heavy atom. The standard InChI is InChI=1S/C27H29N6O7/c1-19-10-3-4-12-21(19)24(35)32-17-9-11-20(18-32)23(34)30-22(25(36)37)13-5-8-15-28-26(38)27(31-33(39)40)14-6-2-7-16-29-27/h2-4,6-7,9-12,14,16-17,22,31H,1,5,8,13,15,18H2,(H,28,38)(H,30,34)(H,36,37)/t22-,27?/m0/s1. The molecule has 13 heteroatoms. The number of carboxylic acids is 1. The van der Waals surface area contributed by atoms with Gasteiger partial charge in [0.05, 0.1) is 6.54 Å². The van der Waals surface area contributed by atoms with Gasteiger partial charge in [0.25, 0.3) is 17.5 Å². The van der Waals surface area contributed by atoms with Crippen LogP contribution in [0.4, 0.5) is 0 Å². The monoisotopic (exact) mass is 549 g/mol. The molecule has 3 amide bonds. The number of rotatable bonds is 12. The molecule has 1 unspecified atom stereocenters. The Hall–Kier alpha value is -5.07. The van der Waals surface area contributed by atoms with E-state index >= 15 is 0 Å². The first kappa shape index (κ1) is 29.5. The van der Waals surface area contributed by atoms with Gasteiger partial charge < -0.3 is 20.6 Å². The van der Waals surface area contributed by atoms with Crippen molar-refractivity contribution in [2.75, 3.05) is 13.1 Å². The van der Waals surface area contributed by atoms with Crippen LogP contribution in [0.1, 0.15) is 35.2 Å².